The van der Waals surface area contributed by atoms with E-state index < -0.39 is 0 Å². The van der Waals surface area contributed by atoms with Crippen molar-refractivity contribution in [1.82, 2.24) is 4.98 Å². The van der Waals surface area contributed by atoms with E-state index in [4.69, 9.17) is 4.74 Å². The van der Waals surface area contributed by atoms with Crippen molar-refractivity contribution in [3.63, 3.8) is 0 Å². The fourth-order valence-corrected chi connectivity index (χ4v) is 2.44. The number of nitrogens with one attached hydrogen (secondary N) is 1. The van der Waals surface area contributed by atoms with Gasteiger partial charge in [0, 0.05) is 13.1 Å². The Balaban J connectivity index is 1.57. The number of aromatic nitrogens is 1. The number of carbonyl (C=O) groups excluding carboxylic acids is 1. The first-order valence-electron chi connectivity index (χ1n) is 7.44. The summed E-state index contributed by atoms with van der Waals surface area (Å²) < 4.78 is 5.34. The molecule has 1 amide bonds. The predicted molar refractivity (Wildman–Crippen MR) is 86.0 cm³/mol. The Bertz CT molecular complexity index is 608. The molecule has 1 saturated heterocycles. The highest BCUT2D eigenvalue weighted by molar-refractivity contribution is 5.91. The van der Waals surface area contributed by atoms with E-state index in [-0.39, 0.29) is 5.91 Å². The normalized spacial score (nSPS) is 14.6. The minimum absolute atomic E-state index is 0.0576. The first-order valence-corrected chi connectivity index (χ1v) is 7.44. The number of hydrogen-bond acceptors (Lipinski definition) is 4. The number of nitrogens with zero attached hydrogens (tertiary/aromatic N) is 2. The van der Waals surface area contributed by atoms with Crippen LogP contribution in [0, 0.1) is 0 Å². The van der Waals surface area contributed by atoms with Gasteiger partial charge < -0.3 is 15.0 Å². The highest BCUT2D eigenvalue weighted by atomic mass is 16.5. The van der Waals surface area contributed by atoms with E-state index in [1.165, 1.54) is 0 Å². The number of carbonyl (C=O) groups is 1. The summed E-state index contributed by atoms with van der Waals surface area (Å²) in [5.74, 6) is 0.524. The van der Waals surface area contributed by atoms with Crippen molar-refractivity contribution >= 4 is 17.4 Å². The molecule has 1 aliphatic rings. The van der Waals surface area contributed by atoms with E-state index in [9.17, 15) is 4.79 Å². The van der Waals surface area contributed by atoms with Crippen molar-refractivity contribution in [2.24, 2.45) is 0 Å². The van der Waals surface area contributed by atoms with E-state index in [1.54, 1.807) is 6.20 Å². The summed E-state index contributed by atoms with van der Waals surface area (Å²) in [4.78, 5) is 18.5. The molecule has 5 nitrogen and oxygen atoms in total. The Morgan fingerprint density at radius 3 is 2.59 bits per heavy atom. The van der Waals surface area contributed by atoms with E-state index >= 15 is 0 Å². The minimum Gasteiger partial charge on any atom is -0.378 e. The molecule has 0 spiro atoms. The quantitative estimate of drug-likeness (QED) is 0.939. The molecule has 1 aromatic heterocycles. The van der Waals surface area contributed by atoms with Gasteiger partial charge in [-0.2, -0.15) is 0 Å². The number of ether oxygens (including phenoxy) is 1. The van der Waals surface area contributed by atoms with Crippen LogP contribution in [0.1, 0.15) is 5.56 Å². The summed E-state index contributed by atoms with van der Waals surface area (Å²) in [6.07, 6.45) is 2.15. The van der Waals surface area contributed by atoms with Gasteiger partial charge in [0.25, 0.3) is 0 Å². The van der Waals surface area contributed by atoms with Crippen molar-refractivity contribution in [1.29, 1.82) is 0 Å². The average Bonchev–Trinajstić information content (AvgIpc) is 2.57. The Hall–Kier alpha value is -2.40. The Morgan fingerprint density at radius 1 is 1.14 bits per heavy atom. The van der Waals surface area contributed by atoms with Crippen LogP contribution in [0.5, 0.6) is 0 Å². The molecule has 0 bridgehead atoms. The molecule has 1 fully saturated rings. The summed E-state index contributed by atoms with van der Waals surface area (Å²) in [5.41, 5.74) is 2.05. The van der Waals surface area contributed by atoms with Crippen molar-refractivity contribution in [3.05, 3.63) is 54.2 Å². The zero-order chi connectivity index (χ0) is 15.2. The van der Waals surface area contributed by atoms with Crippen LogP contribution in [-0.4, -0.2) is 37.2 Å². The Morgan fingerprint density at radius 2 is 1.91 bits per heavy atom. The van der Waals surface area contributed by atoms with Crippen LogP contribution in [0.15, 0.2) is 48.7 Å². The maximum absolute atomic E-state index is 12.0. The van der Waals surface area contributed by atoms with Gasteiger partial charge in [-0.05, 0) is 17.7 Å². The van der Waals surface area contributed by atoms with Crippen molar-refractivity contribution < 1.29 is 9.53 Å². The minimum atomic E-state index is -0.0576. The van der Waals surface area contributed by atoms with Gasteiger partial charge in [0.1, 0.15) is 5.82 Å². The van der Waals surface area contributed by atoms with Gasteiger partial charge in [-0.25, -0.2) is 4.98 Å². The van der Waals surface area contributed by atoms with Gasteiger partial charge in [0.2, 0.25) is 5.91 Å². The number of benzene rings is 1. The van der Waals surface area contributed by atoms with Gasteiger partial charge in [-0.15, -0.1) is 0 Å². The summed E-state index contributed by atoms with van der Waals surface area (Å²) in [6, 6.07) is 13.5. The van der Waals surface area contributed by atoms with Gasteiger partial charge in [0.05, 0.1) is 31.5 Å². The molecule has 5 heteroatoms. The van der Waals surface area contributed by atoms with E-state index in [2.05, 4.69) is 15.2 Å². The molecule has 3 rings (SSSR count). The fourth-order valence-electron chi connectivity index (χ4n) is 2.44. The zero-order valence-electron chi connectivity index (χ0n) is 12.4. The van der Waals surface area contributed by atoms with Crippen LogP contribution in [0.2, 0.25) is 0 Å². The Labute approximate surface area is 129 Å². The van der Waals surface area contributed by atoms with Gasteiger partial charge in [-0.1, -0.05) is 30.3 Å². The predicted octanol–water partition coefficient (Wildman–Crippen LogP) is 2.10. The molecule has 0 saturated carbocycles. The molecule has 1 aromatic carbocycles. The molecule has 22 heavy (non-hydrogen) atoms. The molecule has 1 N–H and O–H groups in total. The maximum atomic E-state index is 12.0. The first-order chi connectivity index (χ1) is 10.8. The van der Waals surface area contributed by atoms with E-state index in [0.29, 0.717) is 12.2 Å². The third-order valence-electron chi connectivity index (χ3n) is 3.60. The number of amides is 1. The lowest BCUT2D eigenvalue weighted by Gasteiger charge is -2.28. The van der Waals surface area contributed by atoms with Crippen LogP contribution in [0.25, 0.3) is 0 Å². The third-order valence-corrected chi connectivity index (χ3v) is 3.60. The van der Waals surface area contributed by atoms with E-state index in [1.807, 2.05) is 42.5 Å². The second-order valence-electron chi connectivity index (χ2n) is 5.21. The molecule has 1 aliphatic heterocycles. The van der Waals surface area contributed by atoms with Crippen molar-refractivity contribution in [2.75, 3.05) is 36.5 Å². The van der Waals surface area contributed by atoms with Crippen LogP contribution < -0.4 is 10.2 Å². The van der Waals surface area contributed by atoms with Crippen molar-refractivity contribution in [3.8, 4) is 0 Å². The first kappa shape index (κ1) is 14.5. The highest BCUT2D eigenvalue weighted by Crippen LogP contribution is 2.16. The molecule has 0 atom stereocenters. The van der Waals surface area contributed by atoms with Gasteiger partial charge >= 0.3 is 0 Å². The smallest absolute Gasteiger partial charge is 0.229 e. The number of anilines is 2. The fraction of sp³-hybridized carbons (Fsp3) is 0.294. The lowest BCUT2D eigenvalue weighted by Crippen LogP contribution is -2.36. The average molecular weight is 297 g/mol. The SMILES string of the molecule is O=C(Cc1ccccc1)Nc1ccc(N2CCOCC2)cn1. The van der Waals surface area contributed by atoms with Crippen molar-refractivity contribution in [2.45, 2.75) is 6.42 Å². The molecule has 0 unspecified atom stereocenters. The van der Waals surface area contributed by atoms with Gasteiger partial charge in [0.15, 0.2) is 0 Å². The monoisotopic (exact) mass is 297 g/mol. The maximum Gasteiger partial charge on any atom is 0.229 e. The number of hydrogen-bond donors (Lipinski definition) is 1. The standard InChI is InChI=1S/C17H19N3O2/c21-17(12-14-4-2-1-3-5-14)19-16-7-6-15(13-18-16)20-8-10-22-11-9-20/h1-7,13H,8-12H2,(H,18,19,21). The number of pyridine rings is 1. The molecule has 2 heterocycles. The third kappa shape index (κ3) is 3.83. The van der Waals surface area contributed by atoms with Crippen LogP contribution in [0.4, 0.5) is 11.5 Å². The van der Waals surface area contributed by atoms with Crippen LogP contribution in [0.3, 0.4) is 0 Å². The largest absolute Gasteiger partial charge is 0.378 e. The molecular weight excluding hydrogens is 278 g/mol. The molecular formula is C17H19N3O2. The molecule has 2 aromatic rings. The van der Waals surface area contributed by atoms with Crippen LogP contribution in [-0.2, 0) is 16.0 Å². The van der Waals surface area contributed by atoms with E-state index in [0.717, 1.165) is 37.6 Å². The summed E-state index contributed by atoms with van der Waals surface area (Å²) in [7, 11) is 0. The molecule has 114 valence electrons. The Kier molecular flexibility index (Phi) is 4.65. The van der Waals surface area contributed by atoms with Gasteiger partial charge in [-0.3, -0.25) is 4.79 Å². The lowest BCUT2D eigenvalue weighted by atomic mass is 10.1. The summed E-state index contributed by atoms with van der Waals surface area (Å²) in [5, 5.41) is 2.83. The number of morpholine rings is 1. The summed E-state index contributed by atoms with van der Waals surface area (Å²) in [6.45, 7) is 3.24. The second kappa shape index (κ2) is 7.04. The highest BCUT2D eigenvalue weighted by Gasteiger charge is 2.11. The summed E-state index contributed by atoms with van der Waals surface area (Å²) >= 11 is 0. The zero-order valence-corrected chi connectivity index (χ0v) is 12.4. The number of rotatable bonds is 4. The topological polar surface area (TPSA) is 54.5 Å². The molecule has 0 radical (unpaired) electrons. The lowest BCUT2D eigenvalue weighted by molar-refractivity contribution is -0.115. The molecule has 0 aliphatic carbocycles. The second-order valence-corrected chi connectivity index (χ2v) is 5.21. The van der Waals surface area contributed by atoms with Crippen LogP contribution >= 0.6 is 0 Å².